The molecule has 0 spiro atoms. The van der Waals surface area contributed by atoms with Crippen LogP contribution < -0.4 is 20.7 Å². The van der Waals surface area contributed by atoms with Crippen LogP contribution in [0.4, 0.5) is 4.79 Å². The maximum absolute atomic E-state index is 11.7. The number of amides is 1. The average Bonchev–Trinajstić information content (AvgIpc) is 2.62. The van der Waals surface area contributed by atoms with Crippen molar-refractivity contribution in [2.45, 2.75) is 32.4 Å². The molecule has 1 amide bonds. The molecule has 0 fully saturated rings. The highest BCUT2D eigenvalue weighted by Gasteiger charge is 2.18. The number of methoxy groups -OCH3 is 1. The highest BCUT2D eigenvalue weighted by molar-refractivity contribution is 14.0. The van der Waals surface area contributed by atoms with Gasteiger partial charge in [0.25, 0.3) is 0 Å². The molecule has 29 heavy (non-hydrogen) atoms. The molecule has 0 aliphatic heterocycles. The lowest BCUT2D eigenvalue weighted by atomic mass is 10.0. The Balaban J connectivity index is 0.00000784. The zero-order valence-corrected chi connectivity index (χ0v) is 20.9. The summed E-state index contributed by atoms with van der Waals surface area (Å²) in [4.78, 5) is 18.0. The summed E-state index contributed by atoms with van der Waals surface area (Å²) in [5.74, 6) is 1.51. The number of hydrogen-bond acceptors (Lipinski definition) is 5. The topological polar surface area (TPSA) is 87.2 Å². The number of hydrogen-bond donors (Lipinski definition) is 3. The molecule has 0 aliphatic carbocycles. The minimum Gasteiger partial charge on any atom is -0.496 e. The summed E-state index contributed by atoms with van der Waals surface area (Å²) < 4.78 is 10.7. The van der Waals surface area contributed by atoms with E-state index in [1.165, 1.54) is 0 Å². The number of ether oxygens (including phenoxy) is 2. The van der Waals surface area contributed by atoms with Crippen LogP contribution in [0.15, 0.2) is 29.3 Å². The Bertz CT molecular complexity index is 647. The number of nitrogens with one attached hydrogen (secondary N) is 3. The van der Waals surface area contributed by atoms with Gasteiger partial charge in [-0.2, -0.15) is 0 Å². The highest BCUT2D eigenvalue weighted by atomic mass is 127. The summed E-state index contributed by atoms with van der Waals surface area (Å²) in [5.41, 5.74) is 0.596. The maximum Gasteiger partial charge on any atom is 0.407 e. The van der Waals surface area contributed by atoms with Crippen LogP contribution in [0.3, 0.4) is 0 Å². The van der Waals surface area contributed by atoms with Crippen molar-refractivity contribution in [2.24, 2.45) is 4.99 Å². The zero-order chi connectivity index (χ0) is 21.2. The first-order valence-electron chi connectivity index (χ1n) is 9.38. The van der Waals surface area contributed by atoms with Gasteiger partial charge in [-0.1, -0.05) is 18.2 Å². The van der Waals surface area contributed by atoms with Crippen LogP contribution in [0.5, 0.6) is 5.75 Å². The van der Waals surface area contributed by atoms with Crippen LogP contribution in [0.1, 0.15) is 32.4 Å². The van der Waals surface area contributed by atoms with Gasteiger partial charge in [0.2, 0.25) is 0 Å². The van der Waals surface area contributed by atoms with Gasteiger partial charge in [-0.3, -0.25) is 4.99 Å². The van der Waals surface area contributed by atoms with Crippen molar-refractivity contribution in [3.8, 4) is 5.75 Å². The molecule has 0 saturated heterocycles. The maximum atomic E-state index is 11.7. The second-order valence-electron chi connectivity index (χ2n) is 7.53. The van der Waals surface area contributed by atoms with Crippen LogP contribution in [0.25, 0.3) is 0 Å². The molecular formula is C20H36IN5O3. The van der Waals surface area contributed by atoms with E-state index in [1.54, 1.807) is 14.2 Å². The molecule has 0 heterocycles. The van der Waals surface area contributed by atoms with Crippen molar-refractivity contribution in [3.05, 3.63) is 29.8 Å². The summed E-state index contributed by atoms with van der Waals surface area (Å²) in [5, 5.41) is 9.22. The molecule has 3 N–H and O–H groups in total. The van der Waals surface area contributed by atoms with Crippen molar-refractivity contribution in [1.29, 1.82) is 0 Å². The molecule has 9 heteroatoms. The van der Waals surface area contributed by atoms with E-state index in [-0.39, 0.29) is 30.0 Å². The second-order valence-corrected chi connectivity index (χ2v) is 7.53. The molecule has 0 aliphatic rings. The van der Waals surface area contributed by atoms with E-state index >= 15 is 0 Å². The Kier molecular flexibility index (Phi) is 12.7. The number of guanidine groups is 1. The zero-order valence-electron chi connectivity index (χ0n) is 18.5. The third-order valence-electron chi connectivity index (χ3n) is 3.89. The van der Waals surface area contributed by atoms with Gasteiger partial charge in [0.15, 0.2) is 5.96 Å². The number of aliphatic imine (C=N–C) groups is 1. The second kappa shape index (κ2) is 13.5. The van der Waals surface area contributed by atoms with E-state index in [1.807, 2.05) is 53.1 Å². The third kappa shape index (κ3) is 10.6. The number of carbonyl (C=O) groups excluding carboxylic acids is 1. The lowest BCUT2D eigenvalue weighted by molar-refractivity contribution is 0.0529. The molecule has 0 radical (unpaired) electrons. The number of para-hydroxylation sites is 1. The fraction of sp³-hybridized carbons (Fsp3) is 0.600. The standard InChI is InChI=1S/C20H35N5O3.HI/c1-20(2,3)28-19(26)23-13-12-22-18(21-4)24-14-16(25(5)6)15-10-8-9-11-17(15)27-7;/h8-11,16H,12-14H2,1-7H3,(H,23,26)(H2,21,22,24);1H. The quantitative estimate of drug-likeness (QED) is 0.211. The van der Waals surface area contributed by atoms with Gasteiger partial charge >= 0.3 is 6.09 Å². The first-order valence-corrected chi connectivity index (χ1v) is 9.38. The van der Waals surface area contributed by atoms with Gasteiger partial charge in [-0.15, -0.1) is 24.0 Å². The van der Waals surface area contributed by atoms with Gasteiger partial charge < -0.3 is 30.3 Å². The van der Waals surface area contributed by atoms with Crippen molar-refractivity contribution in [2.75, 3.05) is 47.9 Å². The van der Waals surface area contributed by atoms with E-state index < -0.39 is 11.7 Å². The fourth-order valence-electron chi connectivity index (χ4n) is 2.59. The number of nitrogens with zero attached hydrogens (tertiary/aromatic N) is 2. The number of carbonyl (C=O) groups is 1. The molecule has 8 nitrogen and oxygen atoms in total. The predicted molar refractivity (Wildman–Crippen MR) is 128 cm³/mol. The monoisotopic (exact) mass is 521 g/mol. The summed E-state index contributed by atoms with van der Waals surface area (Å²) >= 11 is 0. The molecule has 1 rings (SSSR count). The van der Waals surface area contributed by atoms with Crippen LogP contribution in [0.2, 0.25) is 0 Å². The summed E-state index contributed by atoms with van der Waals surface area (Å²) in [6, 6.07) is 8.09. The average molecular weight is 521 g/mol. The van der Waals surface area contributed by atoms with E-state index in [9.17, 15) is 4.79 Å². The Morgan fingerprint density at radius 1 is 1.14 bits per heavy atom. The highest BCUT2D eigenvalue weighted by Crippen LogP contribution is 2.27. The molecule has 1 aromatic carbocycles. The van der Waals surface area contributed by atoms with E-state index in [2.05, 4.69) is 31.9 Å². The SMILES string of the molecule is CN=C(NCCNC(=O)OC(C)(C)C)NCC(c1ccccc1OC)N(C)C.I. The summed E-state index contributed by atoms with van der Waals surface area (Å²) in [6.45, 7) is 7.10. The van der Waals surface area contributed by atoms with Crippen LogP contribution >= 0.6 is 24.0 Å². The van der Waals surface area contributed by atoms with Gasteiger partial charge in [-0.05, 0) is 40.9 Å². The molecule has 1 aromatic rings. The normalized spacial score (nSPS) is 12.6. The van der Waals surface area contributed by atoms with E-state index in [4.69, 9.17) is 9.47 Å². The molecule has 0 saturated carbocycles. The Morgan fingerprint density at radius 2 is 1.76 bits per heavy atom. The van der Waals surface area contributed by atoms with Crippen LogP contribution in [-0.2, 0) is 4.74 Å². The number of alkyl carbamates (subject to hydrolysis) is 1. The third-order valence-corrected chi connectivity index (χ3v) is 3.89. The predicted octanol–water partition coefficient (Wildman–Crippen LogP) is 2.61. The molecule has 0 aromatic heterocycles. The largest absolute Gasteiger partial charge is 0.496 e. The number of benzene rings is 1. The van der Waals surface area contributed by atoms with Crippen molar-refractivity contribution >= 4 is 36.0 Å². The molecule has 1 atom stereocenters. The smallest absolute Gasteiger partial charge is 0.407 e. The van der Waals surface area contributed by atoms with Crippen LogP contribution in [0, 0.1) is 0 Å². The van der Waals surface area contributed by atoms with Gasteiger partial charge in [0.05, 0.1) is 13.2 Å². The minimum atomic E-state index is -0.505. The van der Waals surface area contributed by atoms with E-state index in [0.717, 1.165) is 11.3 Å². The Labute approximate surface area is 191 Å². The van der Waals surface area contributed by atoms with Crippen LogP contribution in [-0.4, -0.2) is 70.4 Å². The van der Waals surface area contributed by atoms with Gasteiger partial charge in [0, 0.05) is 32.2 Å². The fourth-order valence-corrected chi connectivity index (χ4v) is 2.59. The number of rotatable bonds is 8. The Hall–Kier alpha value is -1.75. The van der Waals surface area contributed by atoms with Crippen molar-refractivity contribution in [3.63, 3.8) is 0 Å². The van der Waals surface area contributed by atoms with Gasteiger partial charge in [0.1, 0.15) is 11.4 Å². The summed E-state index contributed by atoms with van der Waals surface area (Å²) in [7, 11) is 7.45. The summed E-state index contributed by atoms with van der Waals surface area (Å²) in [6.07, 6.45) is -0.430. The first-order chi connectivity index (χ1) is 13.2. The lowest BCUT2D eigenvalue weighted by Crippen LogP contribution is -2.44. The minimum absolute atomic E-state index is 0. The Morgan fingerprint density at radius 3 is 2.31 bits per heavy atom. The first kappa shape index (κ1) is 27.2. The van der Waals surface area contributed by atoms with Crippen molar-refractivity contribution < 1.29 is 14.3 Å². The number of halogens is 1. The van der Waals surface area contributed by atoms with E-state index in [0.29, 0.717) is 25.6 Å². The molecule has 0 bridgehead atoms. The van der Waals surface area contributed by atoms with Crippen molar-refractivity contribution in [1.82, 2.24) is 20.9 Å². The molecular weight excluding hydrogens is 485 g/mol. The molecule has 166 valence electrons. The van der Waals surface area contributed by atoms with Gasteiger partial charge in [-0.25, -0.2) is 4.79 Å². The lowest BCUT2D eigenvalue weighted by Gasteiger charge is -2.27. The number of likely N-dealkylation sites (N-methyl/N-ethyl adjacent to an activating group) is 1. The molecule has 1 unspecified atom stereocenters.